The zero-order chi connectivity index (χ0) is 48.4. The number of hydrogen-bond donors (Lipinski definition) is 2. The standard InChI is InChI=1S/C54H94N12/c1-15-21-23-27-31-45-55-47(63(33-17-3)34-18-4)59-49(57-45)65(43-39-51(7,8)61-52(9,10)40-43)37-29-25-26-30-38-66(44-41-53(11,12)62-54(13,14)42-44)50-58-46(32-28-24-22-16-2)56-48(60-50)64(35-19-5)36-20-6/h17-20,43-44,61-62H,3-6,15-16,21-42H2,1-2,7-14H3. The van der Waals surface area contributed by atoms with Gasteiger partial charge in [0.25, 0.3) is 0 Å². The number of nitrogens with zero attached hydrogens (tertiary/aromatic N) is 10. The highest BCUT2D eigenvalue weighted by Crippen LogP contribution is 2.36. The molecule has 0 spiro atoms. The number of hydrogen-bond acceptors (Lipinski definition) is 12. The van der Waals surface area contributed by atoms with Crippen LogP contribution in [-0.4, -0.2) is 103 Å². The summed E-state index contributed by atoms with van der Waals surface area (Å²) in [4.78, 5) is 40.7. The highest BCUT2D eigenvalue weighted by Gasteiger charge is 2.42. The number of piperidine rings is 2. The minimum atomic E-state index is -0.0267. The van der Waals surface area contributed by atoms with Crippen LogP contribution in [0.4, 0.5) is 23.8 Å². The number of rotatable bonds is 31. The normalized spacial score (nSPS) is 17.8. The van der Waals surface area contributed by atoms with Crippen molar-refractivity contribution in [3.05, 3.63) is 62.3 Å². The van der Waals surface area contributed by atoms with E-state index in [9.17, 15) is 0 Å². The van der Waals surface area contributed by atoms with E-state index in [1.54, 1.807) is 0 Å². The molecule has 0 bridgehead atoms. The molecule has 12 nitrogen and oxygen atoms in total. The predicted octanol–water partition coefficient (Wildman–Crippen LogP) is 11.2. The fourth-order valence-electron chi connectivity index (χ4n) is 10.9. The van der Waals surface area contributed by atoms with E-state index in [1.807, 2.05) is 24.3 Å². The van der Waals surface area contributed by atoms with Gasteiger partial charge in [-0.25, -0.2) is 0 Å². The summed E-state index contributed by atoms with van der Waals surface area (Å²) in [6, 6.07) is 0.564. The first-order valence-electron chi connectivity index (χ1n) is 25.9. The Morgan fingerprint density at radius 1 is 0.439 bits per heavy atom. The molecule has 4 rings (SSSR count). The lowest BCUT2D eigenvalue weighted by molar-refractivity contribution is 0.156. The van der Waals surface area contributed by atoms with E-state index in [4.69, 9.17) is 29.9 Å². The second-order valence-corrected chi connectivity index (χ2v) is 22.0. The van der Waals surface area contributed by atoms with Crippen molar-refractivity contribution >= 4 is 23.8 Å². The minimum Gasteiger partial charge on any atom is -0.338 e. The first kappa shape index (κ1) is 54.7. The lowest BCUT2D eigenvalue weighted by Crippen LogP contribution is -2.62. The van der Waals surface area contributed by atoms with Gasteiger partial charge >= 0.3 is 0 Å². The maximum Gasteiger partial charge on any atom is 0.230 e. The molecule has 2 aliphatic heterocycles. The quantitative estimate of drug-likeness (QED) is 0.0554. The summed E-state index contributed by atoms with van der Waals surface area (Å²) in [6.07, 6.45) is 27.1. The number of aryl methyl sites for hydroxylation is 2. The molecule has 2 N–H and O–H groups in total. The van der Waals surface area contributed by atoms with Crippen LogP contribution in [0.15, 0.2) is 50.6 Å². The topological polar surface area (TPSA) is 114 Å². The molecule has 0 atom stereocenters. The molecule has 0 saturated carbocycles. The molecule has 0 unspecified atom stereocenters. The van der Waals surface area contributed by atoms with Crippen LogP contribution in [0.3, 0.4) is 0 Å². The van der Waals surface area contributed by atoms with Gasteiger partial charge in [-0.1, -0.05) is 89.5 Å². The lowest BCUT2D eigenvalue weighted by atomic mass is 9.79. The van der Waals surface area contributed by atoms with Gasteiger partial charge in [0.05, 0.1) is 0 Å². The summed E-state index contributed by atoms with van der Waals surface area (Å²) in [5.41, 5.74) is -0.107. The molecule has 0 radical (unpaired) electrons. The largest absolute Gasteiger partial charge is 0.338 e. The maximum absolute atomic E-state index is 5.29. The molecule has 2 fully saturated rings. The van der Waals surface area contributed by atoms with Crippen molar-refractivity contribution < 1.29 is 0 Å². The monoisotopic (exact) mass is 911 g/mol. The van der Waals surface area contributed by atoms with Crippen LogP contribution in [0.2, 0.25) is 0 Å². The highest BCUT2D eigenvalue weighted by atomic mass is 15.4. The average Bonchev–Trinajstić information content (AvgIpc) is 3.22. The first-order chi connectivity index (χ1) is 31.4. The van der Waals surface area contributed by atoms with Crippen LogP contribution in [0.5, 0.6) is 0 Å². The van der Waals surface area contributed by atoms with Gasteiger partial charge in [-0.15, -0.1) is 26.3 Å². The number of nitrogens with one attached hydrogen (secondary N) is 2. The molecule has 2 aromatic heterocycles. The Morgan fingerprint density at radius 3 is 1.05 bits per heavy atom. The van der Waals surface area contributed by atoms with Crippen LogP contribution >= 0.6 is 0 Å². The molecule has 2 saturated heterocycles. The summed E-state index contributed by atoms with van der Waals surface area (Å²) in [6.45, 7) is 43.8. The van der Waals surface area contributed by atoms with E-state index in [0.29, 0.717) is 26.2 Å². The lowest BCUT2D eigenvalue weighted by Gasteiger charge is -2.50. The van der Waals surface area contributed by atoms with E-state index in [2.05, 4.69) is 126 Å². The summed E-state index contributed by atoms with van der Waals surface area (Å²) >= 11 is 0. The Bertz CT molecular complexity index is 1620. The zero-order valence-corrected chi connectivity index (χ0v) is 43.7. The fourth-order valence-corrected chi connectivity index (χ4v) is 10.9. The molecule has 2 aromatic rings. The predicted molar refractivity (Wildman–Crippen MR) is 282 cm³/mol. The van der Waals surface area contributed by atoms with E-state index >= 15 is 0 Å². The Hall–Kier alpha value is -3.90. The molecule has 0 amide bonds. The van der Waals surface area contributed by atoms with Crippen molar-refractivity contribution in [3.8, 4) is 0 Å². The van der Waals surface area contributed by atoms with Crippen LogP contribution in [-0.2, 0) is 12.8 Å². The summed E-state index contributed by atoms with van der Waals surface area (Å²) in [5, 5.41) is 7.85. The van der Waals surface area contributed by atoms with Crippen molar-refractivity contribution in [3.63, 3.8) is 0 Å². The third-order valence-electron chi connectivity index (χ3n) is 13.1. The number of aromatic nitrogens is 6. The Labute approximate surface area is 403 Å². The molecule has 2 aliphatic rings. The van der Waals surface area contributed by atoms with Crippen molar-refractivity contribution in [2.24, 2.45) is 0 Å². The van der Waals surface area contributed by atoms with Crippen LogP contribution in [0, 0.1) is 0 Å². The second kappa shape index (κ2) is 26.0. The third kappa shape index (κ3) is 17.6. The maximum atomic E-state index is 5.29. The molecule has 66 heavy (non-hydrogen) atoms. The highest BCUT2D eigenvalue weighted by molar-refractivity contribution is 5.43. The molecule has 370 valence electrons. The molecular formula is C54H94N12. The molecule has 0 aliphatic carbocycles. The smallest absolute Gasteiger partial charge is 0.230 e. The molecule has 4 heterocycles. The van der Waals surface area contributed by atoms with Crippen molar-refractivity contribution in [2.75, 3.05) is 58.9 Å². The average molecular weight is 911 g/mol. The number of anilines is 4. The zero-order valence-electron chi connectivity index (χ0n) is 43.7. The van der Waals surface area contributed by atoms with Crippen molar-refractivity contribution in [1.29, 1.82) is 0 Å². The summed E-state index contributed by atoms with van der Waals surface area (Å²) in [5.74, 6) is 4.82. The van der Waals surface area contributed by atoms with Gasteiger partial charge in [0, 0.05) is 86.3 Å². The Balaban J connectivity index is 1.64. The second-order valence-electron chi connectivity index (χ2n) is 22.0. The van der Waals surface area contributed by atoms with E-state index < -0.39 is 0 Å². The van der Waals surface area contributed by atoms with E-state index in [-0.39, 0.29) is 34.2 Å². The van der Waals surface area contributed by atoms with Gasteiger partial charge in [0.2, 0.25) is 23.8 Å². The minimum absolute atomic E-state index is 0.0267. The fraction of sp³-hybridized carbons (Fsp3) is 0.741. The summed E-state index contributed by atoms with van der Waals surface area (Å²) < 4.78 is 0. The van der Waals surface area contributed by atoms with Gasteiger partial charge in [-0.2, -0.15) is 29.9 Å². The van der Waals surface area contributed by atoms with Gasteiger partial charge in [-0.05, 0) is 107 Å². The van der Waals surface area contributed by atoms with E-state index in [1.165, 1.54) is 38.5 Å². The van der Waals surface area contributed by atoms with Gasteiger partial charge in [0.15, 0.2) is 0 Å². The summed E-state index contributed by atoms with van der Waals surface area (Å²) in [7, 11) is 0. The van der Waals surface area contributed by atoms with Gasteiger partial charge in [0.1, 0.15) is 11.6 Å². The van der Waals surface area contributed by atoms with E-state index in [0.717, 1.165) is 126 Å². The van der Waals surface area contributed by atoms with Gasteiger partial charge in [-0.3, -0.25) is 0 Å². The van der Waals surface area contributed by atoms with Gasteiger partial charge < -0.3 is 30.2 Å². The molecule has 0 aromatic carbocycles. The van der Waals surface area contributed by atoms with Crippen molar-refractivity contribution in [2.45, 2.75) is 219 Å². The first-order valence-corrected chi connectivity index (χ1v) is 25.9. The Kier molecular flexibility index (Phi) is 21.6. The van der Waals surface area contributed by atoms with Crippen molar-refractivity contribution in [1.82, 2.24) is 40.5 Å². The Morgan fingerprint density at radius 2 is 0.742 bits per heavy atom. The number of unbranched alkanes of at least 4 members (excludes halogenated alkanes) is 9. The van der Waals surface area contributed by atoms with Crippen LogP contribution in [0.25, 0.3) is 0 Å². The van der Waals surface area contributed by atoms with Crippen LogP contribution < -0.4 is 30.2 Å². The molecular weight excluding hydrogens is 817 g/mol. The molecule has 12 heteroatoms. The third-order valence-corrected chi connectivity index (χ3v) is 13.1. The van der Waals surface area contributed by atoms with Crippen LogP contribution in [0.1, 0.15) is 184 Å². The SMILES string of the molecule is C=CCN(CC=C)c1nc(CCCCCC)nc(N(CCCCCCN(c2nc(CCCCCC)nc(N(CC=C)CC=C)n2)C2CC(C)(C)NC(C)(C)C2)C2CC(C)(C)NC(C)(C)C2)n1.